The van der Waals surface area contributed by atoms with Crippen molar-refractivity contribution in [2.45, 2.75) is 4.90 Å². The van der Waals surface area contributed by atoms with Gasteiger partial charge in [0.15, 0.2) is 0 Å². The van der Waals surface area contributed by atoms with Gasteiger partial charge in [0.25, 0.3) is 11.0 Å². The van der Waals surface area contributed by atoms with Gasteiger partial charge in [-0.15, -0.1) is 19.2 Å². The Morgan fingerprint density at radius 1 is 1.36 bits per heavy atom. The molecule has 0 heterocycles. The predicted octanol–water partition coefficient (Wildman–Crippen LogP) is 1.69. The van der Waals surface area contributed by atoms with Gasteiger partial charge in [-0.25, -0.2) is 8.42 Å². The Hall–Kier alpha value is -0.780. The number of hydrogen-bond acceptors (Lipinski definition) is 4. The summed E-state index contributed by atoms with van der Waals surface area (Å²) < 4.78 is 23.1. The topological polar surface area (TPSA) is 43.4 Å². The van der Waals surface area contributed by atoms with E-state index in [2.05, 4.69) is 23.4 Å². The summed E-state index contributed by atoms with van der Waals surface area (Å²) in [6, 6.07) is 9.79. The number of hydrogen-bond donors (Lipinski definition) is 2. The molecule has 0 amide bonds. The van der Waals surface area contributed by atoms with Crippen molar-refractivity contribution in [3.05, 3.63) is 43.0 Å². The first-order chi connectivity index (χ1) is 6.66. The van der Waals surface area contributed by atoms with Crippen LogP contribution in [0.2, 0.25) is 0 Å². The Morgan fingerprint density at radius 3 is 2.14 bits per heavy atom. The molecule has 1 aromatic rings. The molecule has 0 saturated heterocycles. The summed E-state index contributed by atoms with van der Waals surface area (Å²) in [5.41, 5.74) is 0. The number of rotatable bonds is 3. The normalized spacial score (nSPS) is 9.00. The fourth-order valence-corrected chi connectivity index (χ4v) is 0.941. The summed E-state index contributed by atoms with van der Waals surface area (Å²) in [6.07, 6.45) is 1.37. The van der Waals surface area contributed by atoms with E-state index < -0.39 is 11.0 Å². The third-order valence-electron chi connectivity index (χ3n) is 1.05. The van der Waals surface area contributed by atoms with Crippen LogP contribution >= 0.6 is 12.6 Å². The van der Waals surface area contributed by atoms with E-state index in [0.29, 0.717) is 0 Å². The molecule has 0 aliphatic heterocycles. The SMILES string of the molecule is C=CCO[SH](=O)=O.Sc1ccccc1. The van der Waals surface area contributed by atoms with Crippen LogP contribution in [0.4, 0.5) is 0 Å². The van der Waals surface area contributed by atoms with Gasteiger partial charge in [0.2, 0.25) is 0 Å². The van der Waals surface area contributed by atoms with E-state index in [0.717, 1.165) is 4.90 Å². The van der Waals surface area contributed by atoms with Gasteiger partial charge in [-0.3, -0.25) is 4.18 Å². The molecule has 1 aromatic carbocycles. The summed E-state index contributed by atoms with van der Waals surface area (Å²) in [7, 11) is -2.68. The van der Waals surface area contributed by atoms with Crippen molar-refractivity contribution in [3.8, 4) is 0 Å². The van der Waals surface area contributed by atoms with Crippen molar-refractivity contribution in [3.63, 3.8) is 0 Å². The second-order valence-corrected chi connectivity index (χ2v) is 3.37. The van der Waals surface area contributed by atoms with E-state index in [1.165, 1.54) is 6.08 Å². The molecule has 0 N–H and O–H groups in total. The zero-order valence-corrected chi connectivity index (χ0v) is 9.29. The number of benzene rings is 1. The minimum Gasteiger partial charge on any atom is -0.268 e. The minimum atomic E-state index is -2.68. The zero-order valence-electron chi connectivity index (χ0n) is 7.50. The van der Waals surface area contributed by atoms with E-state index in [9.17, 15) is 8.42 Å². The maximum atomic E-state index is 9.53. The molecule has 0 saturated carbocycles. The maximum Gasteiger partial charge on any atom is 0.257 e. The van der Waals surface area contributed by atoms with Gasteiger partial charge in [-0.1, -0.05) is 24.3 Å². The molecule has 78 valence electrons. The smallest absolute Gasteiger partial charge is 0.257 e. The number of thiol groups is 2. The molecule has 0 fully saturated rings. The monoisotopic (exact) mass is 232 g/mol. The summed E-state index contributed by atoms with van der Waals surface area (Å²) >= 11 is 4.08. The predicted molar refractivity (Wildman–Crippen MR) is 60.2 cm³/mol. The van der Waals surface area contributed by atoms with Crippen molar-refractivity contribution < 1.29 is 12.6 Å². The third kappa shape index (κ3) is 9.31. The first-order valence-corrected chi connectivity index (χ1v) is 5.33. The molecular formula is C9H12O3S2. The van der Waals surface area contributed by atoms with Crippen molar-refractivity contribution in [1.29, 1.82) is 0 Å². The van der Waals surface area contributed by atoms with Crippen LogP contribution in [0.1, 0.15) is 0 Å². The van der Waals surface area contributed by atoms with Crippen LogP contribution in [0, 0.1) is 0 Å². The molecule has 14 heavy (non-hydrogen) atoms. The van der Waals surface area contributed by atoms with E-state index in [1.807, 2.05) is 30.3 Å². The highest BCUT2D eigenvalue weighted by molar-refractivity contribution is 7.80. The molecule has 0 bridgehead atoms. The van der Waals surface area contributed by atoms with Gasteiger partial charge < -0.3 is 0 Å². The van der Waals surface area contributed by atoms with Gasteiger partial charge in [0.1, 0.15) is 0 Å². The lowest BCUT2D eigenvalue weighted by Gasteiger charge is -1.81. The van der Waals surface area contributed by atoms with Crippen LogP contribution in [-0.4, -0.2) is 15.0 Å². The highest BCUT2D eigenvalue weighted by Gasteiger charge is 1.75. The van der Waals surface area contributed by atoms with Crippen molar-refractivity contribution in [2.75, 3.05) is 6.61 Å². The molecule has 0 aromatic heterocycles. The minimum absolute atomic E-state index is 0.0682. The van der Waals surface area contributed by atoms with Gasteiger partial charge in [-0.05, 0) is 12.1 Å². The fourth-order valence-electron chi connectivity index (χ4n) is 0.542. The van der Waals surface area contributed by atoms with Gasteiger partial charge in [-0.2, -0.15) is 0 Å². The lowest BCUT2D eigenvalue weighted by atomic mass is 10.4. The van der Waals surface area contributed by atoms with E-state index in [1.54, 1.807) is 0 Å². The van der Waals surface area contributed by atoms with Gasteiger partial charge in [0.05, 0.1) is 6.61 Å². The molecule has 3 nitrogen and oxygen atoms in total. The van der Waals surface area contributed by atoms with Crippen LogP contribution in [0.25, 0.3) is 0 Å². The molecular weight excluding hydrogens is 220 g/mol. The Kier molecular flexibility index (Phi) is 8.31. The summed E-state index contributed by atoms with van der Waals surface area (Å²) in [5, 5.41) is 0. The van der Waals surface area contributed by atoms with Crippen molar-refractivity contribution >= 4 is 23.6 Å². The Balaban J connectivity index is 0.000000241. The Labute approximate surface area is 91.0 Å². The molecule has 0 unspecified atom stereocenters. The van der Waals surface area contributed by atoms with Crippen LogP contribution < -0.4 is 0 Å². The van der Waals surface area contributed by atoms with E-state index in [4.69, 9.17) is 0 Å². The van der Waals surface area contributed by atoms with Crippen molar-refractivity contribution in [2.24, 2.45) is 0 Å². The summed E-state index contributed by atoms with van der Waals surface area (Å²) in [6.45, 7) is 3.31. The highest BCUT2D eigenvalue weighted by atomic mass is 32.2. The first-order valence-electron chi connectivity index (χ1n) is 3.79. The van der Waals surface area contributed by atoms with Crippen molar-refractivity contribution in [1.82, 2.24) is 0 Å². The molecule has 0 radical (unpaired) electrons. The molecule has 0 aliphatic rings. The summed E-state index contributed by atoms with van der Waals surface area (Å²) in [5.74, 6) is 0. The average molecular weight is 232 g/mol. The van der Waals surface area contributed by atoms with Crippen LogP contribution in [0.5, 0.6) is 0 Å². The molecule has 5 heteroatoms. The Bertz CT molecular complexity index is 312. The largest absolute Gasteiger partial charge is 0.268 e. The van der Waals surface area contributed by atoms with Gasteiger partial charge in [0, 0.05) is 4.90 Å². The van der Waals surface area contributed by atoms with Crippen LogP contribution in [0.15, 0.2) is 47.9 Å². The molecule has 0 spiro atoms. The maximum absolute atomic E-state index is 9.53. The van der Waals surface area contributed by atoms with Gasteiger partial charge >= 0.3 is 0 Å². The lowest BCUT2D eigenvalue weighted by molar-refractivity contribution is 0.375. The standard InChI is InChI=1S/C6H6S.C3H6O3S/c7-6-4-2-1-3-5-6;1-2-3-6-7(4)5/h1-5,7H;2,7H,1,3H2. The quantitative estimate of drug-likeness (QED) is 0.615. The fraction of sp³-hybridized carbons (Fsp3) is 0.111. The van der Waals surface area contributed by atoms with Crippen LogP contribution in [-0.2, 0) is 15.2 Å². The Morgan fingerprint density at radius 2 is 1.93 bits per heavy atom. The van der Waals surface area contributed by atoms with E-state index >= 15 is 0 Å². The molecule has 0 aliphatic carbocycles. The molecule has 0 atom stereocenters. The third-order valence-corrected chi connectivity index (χ3v) is 1.71. The molecule has 1 rings (SSSR count). The first kappa shape index (κ1) is 13.2. The second kappa shape index (κ2) is 8.80. The summed E-state index contributed by atoms with van der Waals surface area (Å²) in [4.78, 5) is 1.02. The van der Waals surface area contributed by atoms with E-state index in [-0.39, 0.29) is 6.61 Å². The zero-order chi connectivity index (χ0) is 10.8. The van der Waals surface area contributed by atoms with Crippen LogP contribution in [0.3, 0.4) is 0 Å². The lowest BCUT2D eigenvalue weighted by Crippen LogP contribution is -1.85. The highest BCUT2D eigenvalue weighted by Crippen LogP contribution is 2.00. The second-order valence-electron chi connectivity index (χ2n) is 2.14. The average Bonchev–Trinajstić information content (AvgIpc) is 2.17.